The van der Waals surface area contributed by atoms with E-state index in [9.17, 15) is 0 Å². The van der Waals surface area contributed by atoms with Crippen molar-refractivity contribution in [2.45, 2.75) is 19.8 Å². The minimum atomic E-state index is 0.542. The second-order valence-electron chi connectivity index (χ2n) is 4.19. The summed E-state index contributed by atoms with van der Waals surface area (Å²) in [5, 5.41) is 3.96. The zero-order chi connectivity index (χ0) is 13.0. The Hall–Kier alpha value is -1.88. The summed E-state index contributed by atoms with van der Waals surface area (Å²) in [6, 6.07) is 5.62. The number of aryl methyl sites for hydroxylation is 2. The Morgan fingerprint density at radius 2 is 2.22 bits per heavy atom. The lowest BCUT2D eigenvalue weighted by molar-refractivity contribution is 0.194. The van der Waals surface area contributed by atoms with Crippen LogP contribution in [0.3, 0.4) is 0 Å². The van der Waals surface area contributed by atoms with Crippen molar-refractivity contribution in [3.8, 4) is 11.5 Å². The van der Waals surface area contributed by atoms with E-state index in [1.165, 1.54) is 0 Å². The molecule has 5 heteroatoms. The van der Waals surface area contributed by atoms with Crippen LogP contribution in [-0.4, -0.2) is 23.9 Å². The molecular formula is C13H17N3O2. The molecule has 0 amide bonds. The van der Waals surface area contributed by atoms with Crippen LogP contribution in [0, 0.1) is 6.92 Å². The summed E-state index contributed by atoms with van der Waals surface area (Å²) in [6.45, 7) is 2.67. The Labute approximate surface area is 106 Å². The predicted octanol–water partition coefficient (Wildman–Crippen LogP) is 2.21. The van der Waals surface area contributed by atoms with Crippen molar-refractivity contribution in [3.63, 3.8) is 0 Å². The van der Waals surface area contributed by atoms with Crippen LogP contribution in [0.5, 0.6) is 0 Å². The first-order valence-corrected chi connectivity index (χ1v) is 5.88. The van der Waals surface area contributed by atoms with Gasteiger partial charge < -0.3 is 15.0 Å². The Morgan fingerprint density at radius 3 is 2.94 bits per heavy atom. The van der Waals surface area contributed by atoms with Gasteiger partial charge in [0.2, 0.25) is 0 Å². The minimum Gasteiger partial charge on any atom is -0.399 e. The van der Waals surface area contributed by atoms with Crippen LogP contribution >= 0.6 is 0 Å². The molecule has 96 valence electrons. The zero-order valence-electron chi connectivity index (χ0n) is 10.6. The van der Waals surface area contributed by atoms with Crippen LogP contribution in [-0.2, 0) is 11.2 Å². The van der Waals surface area contributed by atoms with Gasteiger partial charge in [-0.1, -0.05) is 5.16 Å². The average Bonchev–Trinajstić information content (AvgIpc) is 2.78. The van der Waals surface area contributed by atoms with E-state index in [0.717, 1.165) is 29.7 Å². The average molecular weight is 247 g/mol. The third kappa shape index (κ3) is 2.87. The predicted molar refractivity (Wildman–Crippen MR) is 69.1 cm³/mol. The molecule has 2 aromatic rings. The van der Waals surface area contributed by atoms with Gasteiger partial charge >= 0.3 is 0 Å². The normalized spacial score (nSPS) is 10.8. The number of nitrogen functional groups attached to an aromatic ring is 1. The van der Waals surface area contributed by atoms with Crippen molar-refractivity contribution in [2.24, 2.45) is 0 Å². The standard InChI is InChI=1S/C13H17N3O2/c1-9-8-10(14)5-6-11(9)13-15-12(16-18-13)4-3-7-17-2/h5-6,8H,3-4,7,14H2,1-2H3. The molecule has 1 aromatic carbocycles. The van der Waals surface area contributed by atoms with E-state index in [1.807, 2.05) is 25.1 Å². The molecule has 1 heterocycles. The summed E-state index contributed by atoms with van der Waals surface area (Å²) >= 11 is 0. The van der Waals surface area contributed by atoms with Gasteiger partial charge in [0.25, 0.3) is 5.89 Å². The molecule has 0 radical (unpaired) electrons. The number of nitrogens with zero attached hydrogens (tertiary/aromatic N) is 2. The number of hydrogen-bond donors (Lipinski definition) is 1. The molecule has 0 fully saturated rings. The highest BCUT2D eigenvalue weighted by atomic mass is 16.5. The Morgan fingerprint density at radius 1 is 1.39 bits per heavy atom. The molecule has 0 bridgehead atoms. The summed E-state index contributed by atoms with van der Waals surface area (Å²) in [4.78, 5) is 4.37. The van der Waals surface area contributed by atoms with Crippen molar-refractivity contribution in [1.82, 2.24) is 10.1 Å². The minimum absolute atomic E-state index is 0.542. The van der Waals surface area contributed by atoms with Crippen molar-refractivity contribution < 1.29 is 9.26 Å². The number of hydrogen-bond acceptors (Lipinski definition) is 5. The SMILES string of the molecule is COCCCc1noc(-c2ccc(N)cc2C)n1. The van der Waals surface area contributed by atoms with Gasteiger partial charge in [-0.3, -0.25) is 0 Å². The topological polar surface area (TPSA) is 74.2 Å². The Bertz CT molecular complexity index is 523. The van der Waals surface area contributed by atoms with Crippen LogP contribution in [0.1, 0.15) is 17.8 Å². The number of anilines is 1. The molecule has 2 rings (SSSR count). The first-order valence-electron chi connectivity index (χ1n) is 5.88. The first kappa shape index (κ1) is 12.6. The lowest BCUT2D eigenvalue weighted by atomic mass is 10.1. The van der Waals surface area contributed by atoms with Gasteiger partial charge in [0.1, 0.15) is 0 Å². The van der Waals surface area contributed by atoms with Gasteiger partial charge in [-0.15, -0.1) is 0 Å². The quantitative estimate of drug-likeness (QED) is 0.647. The summed E-state index contributed by atoms with van der Waals surface area (Å²) in [6.07, 6.45) is 1.64. The summed E-state index contributed by atoms with van der Waals surface area (Å²) in [5.41, 5.74) is 8.40. The van der Waals surface area contributed by atoms with Crippen molar-refractivity contribution >= 4 is 5.69 Å². The molecule has 0 aliphatic rings. The van der Waals surface area contributed by atoms with Gasteiger partial charge in [-0.05, 0) is 37.1 Å². The number of aromatic nitrogens is 2. The molecule has 0 aliphatic carbocycles. The maximum atomic E-state index is 5.71. The van der Waals surface area contributed by atoms with E-state index in [1.54, 1.807) is 7.11 Å². The largest absolute Gasteiger partial charge is 0.399 e. The van der Waals surface area contributed by atoms with E-state index >= 15 is 0 Å². The molecule has 18 heavy (non-hydrogen) atoms. The van der Waals surface area contributed by atoms with Crippen LogP contribution in [0.25, 0.3) is 11.5 Å². The van der Waals surface area contributed by atoms with Gasteiger partial charge in [-0.2, -0.15) is 4.98 Å². The maximum absolute atomic E-state index is 5.71. The molecule has 5 nitrogen and oxygen atoms in total. The number of nitrogens with two attached hydrogens (primary N) is 1. The highest BCUT2D eigenvalue weighted by Crippen LogP contribution is 2.23. The molecule has 0 spiro atoms. The zero-order valence-corrected chi connectivity index (χ0v) is 10.6. The van der Waals surface area contributed by atoms with Crippen molar-refractivity contribution in [3.05, 3.63) is 29.6 Å². The maximum Gasteiger partial charge on any atom is 0.258 e. The van der Waals surface area contributed by atoms with Gasteiger partial charge in [0.05, 0.1) is 0 Å². The van der Waals surface area contributed by atoms with E-state index < -0.39 is 0 Å². The molecule has 0 aliphatic heterocycles. The van der Waals surface area contributed by atoms with Crippen molar-refractivity contribution in [2.75, 3.05) is 19.5 Å². The second kappa shape index (κ2) is 5.64. The molecule has 0 unspecified atom stereocenters. The van der Waals surface area contributed by atoms with E-state index in [4.69, 9.17) is 15.0 Å². The number of ether oxygens (including phenoxy) is 1. The van der Waals surface area contributed by atoms with Gasteiger partial charge in [0.15, 0.2) is 5.82 Å². The monoisotopic (exact) mass is 247 g/mol. The van der Waals surface area contributed by atoms with Crippen LogP contribution < -0.4 is 5.73 Å². The van der Waals surface area contributed by atoms with Crippen LogP contribution in [0.15, 0.2) is 22.7 Å². The van der Waals surface area contributed by atoms with E-state index in [0.29, 0.717) is 18.3 Å². The lowest BCUT2D eigenvalue weighted by Crippen LogP contribution is -1.94. The summed E-state index contributed by atoms with van der Waals surface area (Å²) < 4.78 is 10.2. The Kier molecular flexibility index (Phi) is 3.94. The summed E-state index contributed by atoms with van der Waals surface area (Å²) in [5.74, 6) is 1.25. The molecular weight excluding hydrogens is 230 g/mol. The smallest absolute Gasteiger partial charge is 0.258 e. The number of rotatable bonds is 5. The molecule has 0 atom stereocenters. The Balaban J connectivity index is 2.13. The molecule has 0 saturated heterocycles. The molecule has 1 aromatic heterocycles. The van der Waals surface area contributed by atoms with Crippen molar-refractivity contribution in [1.29, 1.82) is 0 Å². The fourth-order valence-electron chi connectivity index (χ4n) is 1.77. The third-order valence-electron chi connectivity index (χ3n) is 2.70. The summed E-state index contributed by atoms with van der Waals surface area (Å²) in [7, 11) is 1.68. The lowest BCUT2D eigenvalue weighted by Gasteiger charge is -2.01. The highest BCUT2D eigenvalue weighted by molar-refractivity contribution is 5.62. The number of methoxy groups -OCH3 is 1. The second-order valence-corrected chi connectivity index (χ2v) is 4.19. The van der Waals surface area contributed by atoms with Crippen LogP contribution in [0.2, 0.25) is 0 Å². The van der Waals surface area contributed by atoms with Crippen LogP contribution in [0.4, 0.5) is 5.69 Å². The molecule has 0 saturated carbocycles. The third-order valence-corrected chi connectivity index (χ3v) is 2.70. The number of benzene rings is 1. The first-order chi connectivity index (χ1) is 8.70. The highest BCUT2D eigenvalue weighted by Gasteiger charge is 2.10. The fraction of sp³-hybridized carbons (Fsp3) is 0.385. The molecule has 2 N–H and O–H groups in total. The van der Waals surface area contributed by atoms with Gasteiger partial charge in [-0.25, -0.2) is 0 Å². The van der Waals surface area contributed by atoms with Gasteiger partial charge in [0, 0.05) is 31.4 Å². The van der Waals surface area contributed by atoms with E-state index in [-0.39, 0.29) is 0 Å². The fourth-order valence-corrected chi connectivity index (χ4v) is 1.77. The van der Waals surface area contributed by atoms with E-state index in [2.05, 4.69) is 10.1 Å².